The third-order valence-electron chi connectivity index (χ3n) is 3.71. The molecule has 104 valence electrons. The van der Waals surface area contributed by atoms with Crippen molar-refractivity contribution in [2.24, 2.45) is 0 Å². The third-order valence-corrected chi connectivity index (χ3v) is 3.71. The summed E-state index contributed by atoms with van der Waals surface area (Å²) in [6, 6.07) is 0.541. The van der Waals surface area contributed by atoms with Crippen molar-refractivity contribution in [2.45, 2.75) is 38.0 Å². The molecule has 1 saturated heterocycles. The molecule has 7 nitrogen and oxygen atoms in total. The fourth-order valence-corrected chi connectivity index (χ4v) is 2.33. The van der Waals surface area contributed by atoms with Gasteiger partial charge in [0, 0.05) is 25.7 Å². The van der Waals surface area contributed by atoms with Crippen LogP contribution in [0.25, 0.3) is 0 Å². The Morgan fingerprint density at radius 3 is 3.00 bits per heavy atom. The van der Waals surface area contributed by atoms with E-state index in [9.17, 15) is 4.79 Å². The minimum Gasteiger partial charge on any atom is -0.378 e. The first-order chi connectivity index (χ1) is 9.26. The van der Waals surface area contributed by atoms with Crippen LogP contribution in [0.4, 0.5) is 0 Å². The molecule has 1 saturated carbocycles. The average Bonchev–Trinajstić information content (AvgIpc) is 2.73. The smallest absolute Gasteiger partial charge is 0.273 e. The van der Waals surface area contributed by atoms with E-state index in [1.54, 1.807) is 10.9 Å². The van der Waals surface area contributed by atoms with Crippen LogP contribution in [-0.2, 0) is 4.74 Å². The molecule has 0 spiro atoms. The summed E-state index contributed by atoms with van der Waals surface area (Å²) in [5.74, 6) is -0.140. The molecule has 1 aromatic rings. The number of ether oxygens (including phenoxy) is 1. The number of aromatic nitrogens is 3. The molecule has 3 rings (SSSR count). The molecule has 0 bridgehead atoms. The van der Waals surface area contributed by atoms with Crippen molar-refractivity contribution in [2.75, 3.05) is 19.7 Å². The van der Waals surface area contributed by atoms with Crippen molar-refractivity contribution < 1.29 is 9.53 Å². The van der Waals surface area contributed by atoms with Crippen LogP contribution < -0.4 is 10.6 Å². The first kappa shape index (κ1) is 12.6. The number of nitrogens with one attached hydrogen (secondary N) is 2. The maximum absolute atomic E-state index is 12.0. The summed E-state index contributed by atoms with van der Waals surface area (Å²) in [6.45, 7) is 4.50. The van der Waals surface area contributed by atoms with Gasteiger partial charge in [0.15, 0.2) is 5.69 Å². The molecule has 7 heteroatoms. The molecule has 19 heavy (non-hydrogen) atoms. The Morgan fingerprint density at radius 2 is 2.37 bits per heavy atom. The molecule has 0 atom stereocenters. The molecule has 0 unspecified atom stereocenters. The van der Waals surface area contributed by atoms with Crippen molar-refractivity contribution in [3.8, 4) is 0 Å². The predicted octanol–water partition coefficient (Wildman–Crippen LogP) is -0.280. The van der Waals surface area contributed by atoms with Gasteiger partial charge in [0.1, 0.15) is 0 Å². The lowest BCUT2D eigenvalue weighted by molar-refractivity contribution is -0.00867. The van der Waals surface area contributed by atoms with E-state index in [1.807, 2.05) is 6.92 Å². The summed E-state index contributed by atoms with van der Waals surface area (Å²) in [4.78, 5) is 12.0. The second-order valence-corrected chi connectivity index (χ2v) is 5.12. The van der Waals surface area contributed by atoms with E-state index >= 15 is 0 Å². The van der Waals surface area contributed by atoms with Gasteiger partial charge in [-0.2, -0.15) is 0 Å². The zero-order valence-electron chi connectivity index (χ0n) is 11.0. The van der Waals surface area contributed by atoms with Gasteiger partial charge in [0.2, 0.25) is 0 Å². The highest BCUT2D eigenvalue weighted by Crippen LogP contribution is 2.23. The summed E-state index contributed by atoms with van der Waals surface area (Å²) in [6.07, 6.45) is 3.80. The number of hydrogen-bond donors (Lipinski definition) is 2. The molecule has 1 aliphatic heterocycles. The Hall–Kier alpha value is -1.47. The van der Waals surface area contributed by atoms with E-state index in [2.05, 4.69) is 20.9 Å². The van der Waals surface area contributed by atoms with Crippen molar-refractivity contribution in [3.63, 3.8) is 0 Å². The van der Waals surface area contributed by atoms with Crippen LogP contribution in [0.15, 0.2) is 6.20 Å². The van der Waals surface area contributed by atoms with Gasteiger partial charge in [0.05, 0.1) is 18.3 Å². The lowest BCUT2D eigenvalue weighted by Crippen LogP contribution is -2.48. The van der Waals surface area contributed by atoms with Crippen LogP contribution in [-0.4, -0.2) is 52.7 Å². The standard InChI is InChI=1S/C12H19N5O2/c1-2-19-10-3-8(4-10)14-12(18)11-7-17(16-15-11)9-5-13-6-9/h7-10,13H,2-6H2,1H3,(H,14,18). The molecular formula is C12H19N5O2. The second-order valence-electron chi connectivity index (χ2n) is 5.12. The van der Waals surface area contributed by atoms with Gasteiger partial charge in [-0.25, -0.2) is 4.68 Å². The van der Waals surface area contributed by atoms with Gasteiger partial charge < -0.3 is 15.4 Å². The second kappa shape index (κ2) is 5.26. The molecule has 2 N–H and O–H groups in total. The Morgan fingerprint density at radius 1 is 1.58 bits per heavy atom. The highest BCUT2D eigenvalue weighted by atomic mass is 16.5. The molecule has 0 aromatic carbocycles. The van der Waals surface area contributed by atoms with Crippen LogP contribution >= 0.6 is 0 Å². The Kier molecular flexibility index (Phi) is 3.48. The lowest BCUT2D eigenvalue weighted by Gasteiger charge is -2.35. The Bertz CT molecular complexity index is 451. The molecule has 1 amide bonds. The van der Waals surface area contributed by atoms with E-state index in [0.717, 1.165) is 32.5 Å². The maximum Gasteiger partial charge on any atom is 0.273 e. The number of rotatable bonds is 5. The molecule has 2 fully saturated rings. The summed E-state index contributed by atoms with van der Waals surface area (Å²) < 4.78 is 7.22. The van der Waals surface area contributed by atoms with E-state index in [-0.39, 0.29) is 11.9 Å². The van der Waals surface area contributed by atoms with Gasteiger partial charge in [-0.3, -0.25) is 4.79 Å². The summed E-state index contributed by atoms with van der Waals surface area (Å²) in [7, 11) is 0. The van der Waals surface area contributed by atoms with E-state index in [1.165, 1.54) is 0 Å². The summed E-state index contributed by atoms with van der Waals surface area (Å²) >= 11 is 0. The molecule has 1 aromatic heterocycles. The van der Waals surface area contributed by atoms with Gasteiger partial charge in [0.25, 0.3) is 5.91 Å². The van der Waals surface area contributed by atoms with Crippen molar-refractivity contribution in [1.82, 2.24) is 25.6 Å². The predicted molar refractivity (Wildman–Crippen MR) is 67.8 cm³/mol. The number of carbonyl (C=O) groups excluding carboxylic acids is 1. The third kappa shape index (κ3) is 2.62. The average molecular weight is 265 g/mol. The number of carbonyl (C=O) groups is 1. The zero-order chi connectivity index (χ0) is 13.2. The highest BCUT2D eigenvalue weighted by Gasteiger charge is 2.31. The molecular weight excluding hydrogens is 246 g/mol. The zero-order valence-corrected chi connectivity index (χ0v) is 11.0. The van der Waals surface area contributed by atoms with Crippen LogP contribution in [0.3, 0.4) is 0 Å². The number of hydrogen-bond acceptors (Lipinski definition) is 5. The monoisotopic (exact) mass is 265 g/mol. The fourth-order valence-electron chi connectivity index (χ4n) is 2.33. The van der Waals surface area contributed by atoms with E-state index in [4.69, 9.17) is 4.74 Å². The van der Waals surface area contributed by atoms with Crippen molar-refractivity contribution >= 4 is 5.91 Å². The van der Waals surface area contributed by atoms with Gasteiger partial charge >= 0.3 is 0 Å². The molecule has 1 aliphatic carbocycles. The Balaban J connectivity index is 1.49. The molecule has 2 heterocycles. The largest absolute Gasteiger partial charge is 0.378 e. The first-order valence-electron chi connectivity index (χ1n) is 6.81. The van der Waals surface area contributed by atoms with Gasteiger partial charge in [-0.05, 0) is 19.8 Å². The Labute approximate surface area is 111 Å². The van der Waals surface area contributed by atoms with Gasteiger partial charge in [-0.1, -0.05) is 5.21 Å². The summed E-state index contributed by atoms with van der Waals surface area (Å²) in [5, 5.41) is 14.0. The maximum atomic E-state index is 12.0. The highest BCUT2D eigenvalue weighted by molar-refractivity contribution is 5.92. The number of amides is 1. The quantitative estimate of drug-likeness (QED) is 0.765. The summed E-state index contributed by atoms with van der Waals surface area (Å²) in [5.41, 5.74) is 0.395. The normalized spacial score (nSPS) is 26.6. The van der Waals surface area contributed by atoms with E-state index < -0.39 is 0 Å². The lowest BCUT2D eigenvalue weighted by atomic mass is 9.89. The topological polar surface area (TPSA) is 81.1 Å². The van der Waals surface area contributed by atoms with Crippen molar-refractivity contribution in [3.05, 3.63) is 11.9 Å². The van der Waals surface area contributed by atoms with Crippen LogP contribution in [0, 0.1) is 0 Å². The van der Waals surface area contributed by atoms with Crippen LogP contribution in [0.2, 0.25) is 0 Å². The number of nitrogens with zero attached hydrogens (tertiary/aromatic N) is 3. The van der Waals surface area contributed by atoms with Crippen molar-refractivity contribution in [1.29, 1.82) is 0 Å². The van der Waals surface area contributed by atoms with Gasteiger partial charge in [-0.15, -0.1) is 5.10 Å². The molecule has 0 radical (unpaired) electrons. The van der Waals surface area contributed by atoms with Crippen LogP contribution in [0.1, 0.15) is 36.3 Å². The van der Waals surface area contributed by atoms with Crippen LogP contribution in [0.5, 0.6) is 0 Å². The SMILES string of the molecule is CCOC1CC(NC(=O)c2cn(C3CNC3)nn2)C1. The molecule has 2 aliphatic rings. The minimum atomic E-state index is -0.140. The van der Waals surface area contributed by atoms with E-state index in [0.29, 0.717) is 17.8 Å². The minimum absolute atomic E-state index is 0.140. The fraction of sp³-hybridized carbons (Fsp3) is 0.750. The first-order valence-corrected chi connectivity index (χ1v) is 6.81.